The van der Waals surface area contributed by atoms with Crippen molar-refractivity contribution in [1.29, 1.82) is 0 Å². The second-order valence-corrected chi connectivity index (χ2v) is 4.46. The smallest absolute Gasteiger partial charge is 0.220 e. The van der Waals surface area contributed by atoms with E-state index in [9.17, 15) is 13.6 Å². The van der Waals surface area contributed by atoms with Gasteiger partial charge in [-0.25, -0.2) is 8.78 Å². The zero-order valence-electron chi connectivity index (χ0n) is 9.02. The zero-order valence-corrected chi connectivity index (χ0v) is 9.02. The molecule has 0 aromatic heterocycles. The number of carbonyl (C=O) groups excluding carboxylic acids is 1. The Bertz CT molecular complexity index is 421. The average Bonchev–Trinajstić information content (AvgIpc) is 2.22. The minimum absolute atomic E-state index is 0.0139. The Morgan fingerprint density at radius 3 is 2.69 bits per heavy atom. The number of benzene rings is 1. The first kappa shape index (κ1) is 11.0. The molecular weight excluding hydrogens is 212 g/mol. The minimum Gasteiger partial charge on any atom is -0.355 e. The summed E-state index contributed by atoms with van der Waals surface area (Å²) < 4.78 is 26.4. The van der Waals surface area contributed by atoms with Gasteiger partial charge in [0.15, 0.2) is 0 Å². The summed E-state index contributed by atoms with van der Waals surface area (Å²) >= 11 is 0. The standard InChI is InChI=1S/C12H13F2NO/c1-12(5-4-11(16)15-7-12)9-3-2-8(13)6-10(9)14/h2-3,6H,4-5,7H2,1H3,(H,15,16). The van der Waals surface area contributed by atoms with Crippen molar-refractivity contribution in [2.24, 2.45) is 0 Å². The normalized spacial score (nSPS) is 25.3. The lowest BCUT2D eigenvalue weighted by molar-refractivity contribution is -0.123. The molecule has 0 spiro atoms. The van der Waals surface area contributed by atoms with E-state index in [0.717, 1.165) is 6.07 Å². The van der Waals surface area contributed by atoms with Crippen molar-refractivity contribution in [3.8, 4) is 0 Å². The molecule has 16 heavy (non-hydrogen) atoms. The van der Waals surface area contributed by atoms with Gasteiger partial charge in [0, 0.05) is 24.4 Å². The number of amides is 1. The first-order chi connectivity index (χ1) is 7.51. The van der Waals surface area contributed by atoms with E-state index in [0.29, 0.717) is 24.9 Å². The minimum atomic E-state index is -0.579. The fourth-order valence-corrected chi connectivity index (χ4v) is 2.07. The van der Waals surface area contributed by atoms with Gasteiger partial charge in [0.2, 0.25) is 5.91 Å². The molecule has 1 atom stereocenters. The maximum Gasteiger partial charge on any atom is 0.220 e. The summed E-state index contributed by atoms with van der Waals surface area (Å²) in [7, 11) is 0. The van der Waals surface area contributed by atoms with Crippen LogP contribution in [-0.4, -0.2) is 12.5 Å². The highest BCUT2D eigenvalue weighted by molar-refractivity contribution is 5.77. The average molecular weight is 225 g/mol. The number of nitrogens with one attached hydrogen (secondary N) is 1. The second kappa shape index (κ2) is 3.85. The molecule has 1 heterocycles. The molecule has 2 rings (SSSR count). The van der Waals surface area contributed by atoms with Gasteiger partial charge in [0.05, 0.1) is 0 Å². The van der Waals surface area contributed by atoms with Crippen LogP contribution in [0.5, 0.6) is 0 Å². The maximum atomic E-state index is 13.6. The zero-order chi connectivity index (χ0) is 11.8. The van der Waals surface area contributed by atoms with E-state index in [2.05, 4.69) is 5.32 Å². The molecule has 1 N–H and O–H groups in total. The van der Waals surface area contributed by atoms with Gasteiger partial charge in [0.1, 0.15) is 11.6 Å². The lowest BCUT2D eigenvalue weighted by Crippen LogP contribution is -2.44. The summed E-state index contributed by atoms with van der Waals surface area (Å²) in [5.41, 5.74) is 0.0278. The molecule has 4 heteroatoms. The van der Waals surface area contributed by atoms with E-state index in [4.69, 9.17) is 0 Å². The molecule has 1 aliphatic heterocycles. The molecule has 86 valence electrons. The Morgan fingerprint density at radius 1 is 1.38 bits per heavy atom. The summed E-state index contributed by atoms with van der Waals surface area (Å²) in [4.78, 5) is 11.1. The molecule has 1 unspecified atom stereocenters. The summed E-state index contributed by atoms with van der Waals surface area (Å²) in [6.07, 6.45) is 0.967. The van der Waals surface area contributed by atoms with Crippen LogP contribution in [0.1, 0.15) is 25.3 Å². The molecule has 1 aromatic rings. The topological polar surface area (TPSA) is 29.1 Å². The largest absolute Gasteiger partial charge is 0.355 e. The monoisotopic (exact) mass is 225 g/mol. The molecule has 2 nitrogen and oxygen atoms in total. The van der Waals surface area contributed by atoms with E-state index in [-0.39, 0.29) is 5.91 Å². The first-order valence-corrected chi connectivity index (χ1v) is 5.23. The Balaban J connectivity index is 2.32. The molecule has 0 saturated carbocycles. The molecule has 0 bridgehead atoms. The molecule has 1 amide bonds. The van der Waals surface area contributed by atoms with Crippen molar-refractivity contribution in [2.75, 3.05) is 6.54 Å². The second-order valence-electron chi connectivity index (χ2n) is 4.46. The lowest BCUT2D eigenvalue weighted by atomic mass is 9.76. The molecule has 0 aliphatic carbocycles. The van der Waals surface area contributed by atoms with Gasteiger partial charge >= 0.3 is 0 Å². The van der Waals surface area contributed by atoms with Crippen molar-refractivity contribution in [1.82, 2.24) is 5.32 Å². The third-order valence-electron chi connectivity index (χ3n) is 3.16. The number of piperidine rings is 1. The SMILES string of the molecule is CC1(c2ccc(F)cc2F)CCC(=O)NC1. The maximum absolute atomic E-state index is 13.6. The Labute approximate surface area is 92.7 Å². The molecule has 1 fully saturated rings. The van der Waals surface area contributed by atoms with E-state index in [1.54, 1.807) is 0 Å². The fourth-order valence-electron chi connectivity index (χ4n) is 2.07. The Morgan fingerprint density at radius 2 is 2.12 bits per heavy atom. The fraction of sp³-hybridized carbons (Fsp3) is 0.417. The van der Waals surface area contributed by atoms with Crippen LogP contribution in [0.15, 0.2) is 18.2 Å². The quantitative estimate of drug-likeness (QED) is 0.779. The van der Waals surface area contributed by atoms with Crippen LogP contribution in [0, 0.1) is 11.6 Å². The van der Waals surface area contributed by atoms with Crippen LogP contribution >= 0.6 is 0 Å². The van der Waals surface area contributed by atoms with Crippen LogP contribution in [-0.2, 0) is 10.2 Å². The molecule has 0 radical (unpaired) electrons. The van der Waals surface area contributed by atoms with Gasteiger partial charge in [-0.3, -0.25) is 4.79 Å². The van der Waals surface area contributed by atoms with Crippen LogP contribution in [0.2, 0.25) is 0 Å². The van der Waals surface area contributed by atoms with Crippen molar-refractivity contribution in [3.05, 3.63) is 35.4 Å². The third kappa shape index (κ3) is 1.92. The predicted molar refractivity (Wildman–Crippen MR) is 56.0 cm³/mol. The highest BCUT2D eigenvalue weighted by atomic mass is 19.1. The van der Waals surface area contributed by atoms with Gasteiger partial charge < -0.3 is 5.32 Å². The van der Waals surface area contributed by atoms with E-state index in [1.807, 2.05) is 6.92 Å². The molecule has 1 aliphatic rings. The van der Waals surface area contributed by atoms with Gasteiger partial charge in [0.25, 0.3) is 0 Å². The summed E-state index contributed by atoms with van der Waals surface area (Å²) in [6, 6.07) is 3.60. The summed E-state index contributed by atoms with van der Waals surface area (Å²) in [6.45, 7) is 2.27. The van der Waals surface area contributed by atoms with Crippen LogP contribution in [0.25, 0.3) is 0 Å². The Hall–Kier alpha value is -1.45. The highest BCUT2D eigenvalue weighted by Crippen LogP contribution is 2.32. The van der Waals surface area contributed by atoms with Crippen LogP contribution < -0.4 is 5.32 Å². The van der Waals surface area contributed by atoms with Crippen molar-refractivity contribution in [2.45, 2.75) is 25.2 Å². The van der Waals surface area contributed by atoms with Crippen molar-refractivity contribution in [3.63, 3.8) is 0 Å². The van der Waals surface area contributed by atoms with Gasteiger partial charge in [-0.15, -0.1) is 0 Å². The third-order valence-corrected chi connectivity index (χ3v) is 3.16. The summed E-state index contributed by atoms with van der Waals surface area (Å²) in [5, 5.41) is 2.71. The number of halogens is 2. The van der Waals surface area contributed by atoms with Crippen LogP contribution in [0.3, 0.4) is 0 Å². The number of hydrogen-bond acceptors (Lipinski definition) is 1. The van der Waals surface area contributed by atoms with E-state index in [1.165, 1.54) is 12.1 Å². The van der Waals surface area contributed by atoms with Crippen molar-refractivity contribution < 1.29 is 13.6 Å². The van der Waals surface area contributed by atoms with Gasteiger partial charge in [-0.2, -0.15) is 0 Å². The molecular formula is C12H13F2NO. The van der Waals surface area contributed by atoms with Gasteiger partial charge in [-0.05, 0) is 18.1 Å². The molecule has 1 saturated heterocycles. The van der Waals surface area contributed by atoms with Gasteiger partial charge in [-0.1, -0.05) is 13.0 Å². The van der Waals surface area contributed by atoms with E-state index < -0.39 is 17.0 Å². The number of rotatable bonds is 1. The summed E-state index contributed by atoms with van der Waals surface area (Å²) in [5.74, 6) is -1.14. The first-order valence-electron chi connectivity index (χ1n) is 5.23. The van der Waals surface area contributed by atoms with E-state index >= 15 is 0 Å². The number of carbonyl (C=O) groups is 1. The lowest BCUT2D eigenvalue weighted by Gasteiger charge is -2.34. The molecule has 1 aromatic carbocycles. The van der Waals surface area contributed by atoms with Crippen molar-refractivity contribution >= 4 is 5.91 Å². The Kier molecular flexibility index (Phi) is 2.66. The van der Waals surface area contributed by atoms with Crippen LogP contribution in [0.4, 0.5) is 8.78 Å². The number of hydrogen-bond donors (Lipinski definition) is 1. The predicted octanol–water partition coefficient (Wildman–Crippen LogP) is 2.13. The highest BCUT2D eigenvalue weighted by Gasteiger charge is 2.33.